The number of anilines is 1. The summed E-state index contributed by atoms with van der Waals surface area (Å²) >= 11 is 12.7. The highest BCUT2D eigenvalue weighted by Gasteiger charge is 2.16. The third-order valence-electron chi connectivity index (χ3n) is 2.79. The lowest BCUT2D eigenvalue weighted by Gasteiger charge is -2.09. The van der Waals surface area contributed by atoms with Crippen LogP contribution in [0.4, 0.5) is 5.69 Å². The van der Waals surface area contributed by atoms with E-state index < -0.39 is 0 Å². The SMILES string of the molecule is O=C(Nc1c(Cl)ccc2nsnc12)c1cc(Br)ccc1I. The van der Waals surface area contributed by atoms with Crippen molar-refractivity contribution in [2.24, 2.45) is 0 Å². The van der Waals surface area contributed by atoms with E-state index in [1.54, 1.807) is 18.2 Å². The first-order valence-corrected chi connectivity index (χ1v) is 8.71. The molecule has 1 heterocycles. The summed E-state index contributed by atoms with van der Waals surface area (Å²) in [6.07, 6.45) is 0. The van der Waals surface area contributed by atoms with Crippen LogP contribution in [-0.2, 0) is 0 Å². The van der Waals surface area contributed by atoms with Crippen molar-refractivity contribution >= 4 is 84.5 Å². The molecule has 0 spiro atoms. The van der Waals surface area contributed by atoms with Gasteiger partial charge in [-0.1, -0.05) is 27.5 Å². The minimum atomic E-state index is -0.233. The van der Waals surface area contributed by atoms with Crippen molar-refractivity contribution in [2.75, 3.05) is 5.32 Å². The molecule has 0 bridgehead atoms. The minimum absolute atomic E-state index is 0.233. The summed E-state index contributed by atoms with van der Waals surface area (Å²) in [7, 11) is 0. The number of nitrogens with zero attached hydrogens (tertiary/aromatic N) is 2. The fourth-order valence-electron chi connectivity index (χ4n) is 1.80. The van der Waals surface area contributed by atoms with Gasteiger partial charge in [0.05, 0.1) is 28.0 Å². The first-order valence-electron chi connectivity index (χ1n) is 5.73. The number of rotatable bonds is 2. The fraction of sp³-hybridized carbons (Fsp3) is 0. The van der Waals surface area contributed by atoms with Crippen LogP contribution in [0.3, 0.4) is 0 Å². The van der Waals surface area contributed by atoms with E-state index >= 15 is 0 Å². The summed E-state index contributed by atoms with van der Waals surface area (Å²) < 4.78 is 10.0. The second-order valence-electron chi connectivity index (χ2n) is 4.13. The average molecular weight is 495 g/mol. The van der Waals surface area contributed by atoms with Crippen LogP contribution < -0.4 is 5.32 Å². The molecule has 1 aromatic heterocycles. The molecule has 0 atom stereocenters. The normalized spacial score (nSPS) is 10.8. The molecule has 8 heteroatoms. The topological polar surface area (TPSA) is 54.9 Å². The molecule has 2 aromatic carbocycles. The number of halogens is 3. The Kier molecular flexibility index (Phi) is 4.43. The van der Waals surface area contributed by atoms with E-state index in [2.05, 4.69) is 52.6 Å². The Bertz CT molecular complexity index is 855. The molecule has 0 radical (unpaired) electrons. The van der Waals surface area contributed by atoms with Crippen LogP contribution in [0.2, 0.25) is 5.02 Å². The van der Waals surface area contributed by atoms with Crippen molar-refractivity contribution in [1.29, 1.82) is 0 Å². The Morgan fingerprint density at radius 1 is 1.29 bits per heavy atom. The molecule has 0 aliphatic rings. The first kappa shape index (κ1) is 15.1. The third-order valence-corrected chi connectivity index (χ3v) is 5.08. The second kappa shape index (κ2) is 6.15. The summed E-state index contributed by atoms with van der Waals surface area (Å²) in [5, 5.41) is 3.27. The van der Waals surface area contributed by atoms with Gasteiger partial charge in [0.25, 0.3) is 5.91 Å². The molecule has 0 unspecified atom stereocenters. The van der Waals surface area contributed by atoms with Crippen molar-refractivity contribution in [3.8, 4) is 0 Å². The van der Waals surface area contributed by atoms with E-state index in [-0.39, 0.29) is 5.91 Å². The van der Waals surface area contributed by atoms with Crippen molar-refractivity contribution in [1.82, 2.24) is 8.75 Å². The Morgan fingerprint density at radius 2 is 2.10 bits per heavy atom. The molecule has 0 saturated carbocycles. The van der Waals surface area contributed by atoms with Crippen LogP contribution in [0, 0.1) is 3.57 Å². The molecule has 3 rings (SSSR count). The monoisotopic (exact) mass is 493 g/mol. The lowest BCUT2D eigenvalue weighted by Crippen LogP contribution is -2.14. The van der Waals surface area contributed by atoms with E-state index in [9.17, 15) is 4.79 Å². The van der Waals surface area contributed by atoms with Crippen LogP contribution in [-0.4, -0.2) is 14.7 Å². The maximum Gasteiger partial charge on any atom is 0.256 e. The number of nitrogens with one attached hydrogen (secondary N) is 1. The largest absolute Gasteiger partial charge is 0.319 e. The Balaban J connectivity index is 2.02. The number of amides is 1. The van der Waals surface area contributed by atoms with Gasteiger partial charge in [-0.3, -0.25) is 4.79 Å². The maximum absolute atomic E-state index is 12.5. The Hall–Kier alpha value is -0.770. The van der Waals surface area contributed by atoms with Gasteiger partial charge >= 0.3 is 0 Å². The van der Waals surface area contributed by atoms with Gasteiger partial charge in [0, 0.05) is 8.04 Å². The highest BCUT2D eigenvalue weighted by molar-refractivity contribution is 14.1. The number of benzene rings is 2. The highest BCUT2D eigenvalue weighted by atomic mass is 127. The lowest BCUT2D eigenvalue weighted by molar-refractivity contribution is 0.102. The van der Waals surface area contributed by atoms with E-state index in [1.807, 2.05) is 12.1 Å². The summed E-state index contributed by atoms with van der Waals surface area (Å²) in [6.45, 7) is 0. The van der Waals surface area contributed by atoms with Crippen molar-refractivity contribution in [3.63, 3.8) is 0 Å². The molecule has 0 fully saturated rings. The molecule has 0 aliphatic heterocycles. The predicted molar refractivity (Wildman–Crippen MR) is 97.2 cm³/mol. The van der Waals surface area contributed by atoms with Gasteiger partial charge in [0.15, 0.2) is 0 Å². The predicted octanol–water partition coefficient (Wildman–Crippen LogP) is 4.96. The standard InChI is InChI=1S/C13H6BrClIN3OS/c14-6-1-3-9(16)7(5-6)13(20)17-11-8(15)2-4-10-12(11)19-21-18-10/h1-5H,(H,17,20). The smallest absolute Gasteiger partial charge is 0.256 e. The van der Waals surface area contributed by atoms with Gasteiger partial charge in [-0.2, -0.15) is 8.75 Å². The highest BCUT2D eigenvalue weighted by Crippen LogP contribution is 2.30. The number of carbonyl (C=O) groups is 1. The fourth-order valence-corrected chi connectivity index (χ4v) is 3.48. The van der Waals surface area contributed by atoms with Crippen LogP contribution in [0.25, 0.3) is 11.0 Å². The molecule has 1 amide bonds. The molecule has 21 heavy (non-hydrogen) atoms. The molecular weight excluding hydrogens is 488 g/mol. The minimum Gasteiger partial charge on any atom is -0.319 e. The number of aromatic nitrogens is 2. The quantitative estimate of drug-likeness (QED) is 0.512. The van der Waals surface area contributed by atoms with Crippen LogP contribution in [0.5, 0.6) is 0 Å². The molecular formula is C13H6BrClIN3OS. The van der Waals surface area contributed by atoms with E-state index in [0.717, 1.165) is 19.8 Å². The molecule has 1 N–H and O–H groups in total. The Labute approximate surface area is 151 Å². The molecule has 3 aromatic rings. The zero-order valence-corrected chi connectivity index (χ0v) is 15.5. The maximum atomic E-state index is 12.5. The summed E-state index contributed by atoms with van der Waals surface area (Å²) in [5.41, 5.74) is 2.37. The molecule has 106 valence electrons. The van der Waals surface area contributed by atoms with E-state index in [4.69, 9.17) is 11.6 Å². The molecule has 0 saturated heterocycles. The molecule has 0 aliphatic carbocycles. The molecule has 4 nitrogen and oxygen atoms in total. The zero-order valence-electron chi connectivity index (χ0n) is 10.2. The first-order chi connectivity index (χ1) is 10.1. The van der Waals surface area contributed by atoms with Gasteiger partial charge in [0.2, 0.25) is 0 Å². The van der Waals surface area contributed by atoms with Gasteiger partial charge in [-0.25, -0.2) is 0 Å². The lowest BCUT2D eigenvalue weighted by atomic mass is 10.2. The van der Waals surface area contributed by atoms with Gasteiger partial charge in [-0.05, 0) is 52.9 Å². The van der Waals surface area contributed by atoms with Gasteiger partial charge in [0.1, 0.15) is 11.0 Å². The second-order valence-corrected chi connectivity index (χ2v) is 7.15. The number of hydrogen-bond donors (Lipinski definition) is 1. The van der Waals surface area contributed by atoms with Crippen LogP contribution >= 0.6 is 61.8 Å². The zero-order chi connectivity index (χ0) is 15.0. The van der Waals surface area contributed by atoms with Crippen molar-refractivity contribution in [2.45, 2.75) is 0 Å². The third kappa shape index (κ3) is 3.05. The van der Waals surface area contributed by atoms with Crippen LogP contribution in [0.1, 0.15) is 10.4 Å². The van der Waals surface area contributed by atoms with E-state index in [1.165, 1.54) is 0 Å². The van der Waals surface area contributed by atoms with Crippen molar-refractivity contribution < 1.29 is 4.79 Å². The summed E-state index contributed by atoms with van der Waals surface area (Å²) in [4.78, 5) is 12.5. The van der Waals surface area contributed by atoms with Crippen LogP contribution in [0.15, 0.2) is 34.8 Å². The summed E-state index contributed by atoms with van der Waals surface area (Å²) in [5.74, 6) is -0.233. The van der Waals surface area contributed by atoms with E-state index in [0.29, 0.717) is 27.3 Å². The van der Waals surface area contributed by atoms with Gasteiger partial charge in [-0.15, -0.1) is 0 Å². The Morgan fingerprint density at radius 3 is 2.90 bits per heavy atom. The van der Waals surface area contributed by atoms with Crippen molar-refractivity contribution in [3.05, 3.63) is 49.0 Å². The number of carbonyl (C=O) groups excluding carboxylic acids is 1. The number of hydrogen-bond acceptors (Lipinski definition) is 4. The summed E-state index contributed by atoms with van der Waals surface area (Å²) in [6, 6.07) is 9.00. The average Bonchev–Trinajstić information content (AvgIpc) is 2.93. The number of fused-ring (bicyclic) bond motifs is 1. The van der Waals surface area contributed by atoms with Gasteiger partial charge < -0.3 is 5.32 Å².